The molecule has 0 atom stereocenters. The van der Waals surface area contributed by atoms with Gasteiger partial charge in [-0.15, -0.1) is 5.10 Å². The molecule has 27 heavy (non-hydrogen) atoms. The van der Waals surface area contributed by atoms with Crippen LogP contribution in [0.4, 0.5) is 0 Å². The molecule has 2 amide bonds. The summed E-state index contributed by atoms with van der Waals surface area (Å²) in [5, 5.41) is 10.9. The van der Waals surface area contributed by atoms with Gasteiger partial charge in [0.2, 0.25) is 5.91 Å². The highest BCUT2D eigenvalue weighted by atomic mass is 79.9. The molecule has 0 radical (unpaired) electrons. The lowest BCUT2D eigenvalue weighted by molar-refractivity contribution is -0.124. The Morgan fingerprint density at radius 3 is 2.30 bits per heavy atom. The molecule has 1 heterocycles. The van der Waals surface area contributed by atoms with Crippen LogP contribution in [0.2, 0.25) is 0 Å². The minimum Gasteiger partial charge on any atom is -0.272 e. The Morgan fingerprint density at radius 2 is 1.70 bits per heavy atom. The average Bonchev–Trinajstić information content (AvgIpc) is 3.32. The van der Waals surface area contributed by atoms with Crippen LogP contribution in [0.1, 0.15) is 28.8 Å². The molecule has 1 aliphatic rings. The lowest BCUT2D eigenvalue weighted by atomic mass is 9.95. The number of carbonyl (C=O) groups is 2. The van der Waals surface area contributed by atoms with Crippen LogP contribution in [0.25, 0.3) is 5.69 Å². The van der Waals surface area contributed by atoms with Gasteiger partial charge in [0.1, 0.15) is 6.33 Å². The molecule has 2 aromatic carbocycles. The Balaban J connectivity index is 1.39. The third-order valence-corrected chi connectivity index (χ3v) is 5.14. The number of amides is 2. The van der Waals surface area contributed by atoms with Gasteiger partial charge in [-0.25, -0.2) is 4.68 Å². The average molecular weight is 427 g/mol. The van der Waals surface area contributed by atoms with E-state index in [0.717, 1.165) is 28.6 Å². The number of halogens is 1. The Morgan fingerprint density at radius 1 is 1.00 bits per heavy atom. The maximum atomic E-state index is 12.6. The van der Waals surface area contributed by atoms with Gasteiger partial charge in [0.15, 0.2) is 0 Å². The molecule has 4 rings (SSSR count). The van der Waals surface area contributed by atoms with Gasteiger partial charge < -0.3 is 0 Å². The predicted octanol–water partition coefficient (Wildman–Crippen LogP) is 1.92. The van der Waals surface area contributed by atoms with Gasteiger partial charge in [-0.3, -0.25) is 20.4 Å². The molecule has 0 saturated heterocycles. The van der Waals surface area contributed by atoms with Gasteiger partial charge in [-0.05, 0) is 65.2 Å². The summed E-state index contributed by atoms with van der Waals surface area (Å²) >= 11 is 3.39. The number of hydrazine groups is 1. The fraction of sp³-hybridized carbons (Fsp3) is 0.167. The summed E-state index contributed by atoms with van der Waals surface area (Å²) in [6.07, 6.45) is 2.99. The van der Waals surface area contributed by atoms with Gasteiger partial charge in [0.25, 0.3) is 5.91 Å². The molecule has 3 aromatic rings. The van der Waals surface area contributed by atoms with Crippen molar-refractivity contribution in [2.45, 2.75) is 18.3 Å². The van der Waals surface area contributed by atoms with Crippen molar-refractivity contribution in [2.75, 3.05) is 0 Å². The molecule has 0 bridgehead atoms. The third kappa shape index (κ3) is 3.45. The van der Waals surface area contributed by atoms with Crippen molar-refractivity contribution >= 4 is 27.7 Å². The summed E-state index contributed by atoms with van der Waals surface area (Å²) in [5.74, 6) is -0.596. The van der Waals surface area contributed by atoms with Gasteiger partial charge in [-0.2, -0.15) is 0 Å². The molecule has 2 N–H and O–H groups in total. The number of hydrogen-bond acceptors (Lipinski definition) is 5. The fourth-order valence-electron chi connectivity index (χ4n) is 2.89. The maximum absolute atomic E-state index is 12.6. The number of nitrogens with one attached hydrogen (secondary N) is 2. The van der Waals surface area contributed by atoms with E-state index in [4.69, 9.17) is 0 Å². The number of hydrogen-bond donors (Lipinski definition) is 2. The minimum atomic E-state index is -0.558. The molecule has 136 valence electrons. The first-order chi connectivity index (χ1) is 13.1. The van der Waals surface area contributed by atoms with E-state index >= 15 is 0 Å². The van der Waals surface area contributed by atoms with Crippen LogP contribution in [0.5, 0.6) is 0 Å². The molecular weight excluding hydrogens is 412 g/mol. The van der Waals surface area contributed by atoms with Crippen LogP contribution >= 0.6 is 15.9 Å². The second-order valence-corrected chi connectivity index (χ2v) is 7.21. The predicted molar refractivity (Wildman–Crippen MR) is 99.8 cm³/mol. The number of benzene rings is 2. The Labute approximate surface area is 163 Å². The quantitative estimate of drug-likeness (QED) is 0.620. The SMILES string of the molecule is O=C(NNC(=O)C1(c2ccc(Br)cc2)CC1)c1ccc(-n2cnnn2)cc1. The molecule has 0 spiro atoms. The van der Waals surface area contributed by atoms with E-state index in [1.54, 1.807) is 24.3 Å². The lowest BCUT2D eigenvalue weighted by Crippen LogP contribution is -2.46. The number of tetrazole rings is 1. The Bertz CT molecular complexity index is 966. The number of aromatic nitrogens is 4. The molecular formula is C18H15BrN6O2. The van der Waals surface area contributed by atoms with Crippen LogP contribution < -0.4 is 10.9 Å². The second kappa shape index (κ2) is 6.92. The van der Waals surface area contributed by atoms with Gasteiger partial charge >= 0.3 is 0 Å². The van der Waals surface area contributed by atoms with E-state index in [9.17, 15) is 9.59 Å². The highest BCUT2D eigenvalue weighted by molar-refractivity contribution is 9.10. The van der Waals surface area contributed by atoms with Gasteiger partial charge in [0.05, 0.1) is 11.1 Å². The van der Waals surface area contributed by atoms with E-state index < -0.39 is 11.3 Å². The van der Waals surface area contributed by atoms with E-state index in [2.05, 4.69) is 42.3 Å². The standard InChI is InChI=1S/C18H15BrN6O2/c19-14-5-3-13(4-6-14)18(9-10-18)17(27)22-21-16(26)12-1-7-15(8-2-12)25-11-20-23-24-25/h1-8,11H,9-10H2,(H,21,26)(H,22,27). The van der Waals surface area contributed by atoms with E-state index in [1.165, 1.54) is 11.0 Å². The third-order valence-electron chi connectivity index (χ3n) is 4.61. The van der Waals surface area contributed by atoms with E-state index in [0.29, 0.717) is 5.56 Å². The summed E-state index contributed by atoms with van der Waals surface area (Å²) < 4.78 is 2.44. The molecule has 1 fully saturated rings. The molecule has 1 aliphatic carbocycles. The zero-order chi connectivity index (χ0) is 18.9. The monoisotopic (exact) mass is 426 g/mol. The molecule has 8 nitrogen and oxygen atoms in total. The van der Waals surface area contributed by atoms with Crippen molar-refractivity contribution in [3.63, 3.8) is 0 Å². The van der Waals surface area contributed by atoms with Crippen LogP contribution in [0.15, 0.2) is 59.3 Å². The smallest absolute Gasteiger partial charge is 0.269 e. The van der Waals surface area contributed by atoms with Crippen molar-refractivity contribution in [1.29, 1.82) is 0 Å². The lowest BCUT2D eigenvalue weighted by Gasteiger charge is -2.16. The molecule has 0 aliphatic heterocycles. The summed E-state index contributed by atoms with van der Waals surface area (Å²) in [5.41, 5.74) is 6.57. The van der Waals surface area contributed by atoms with Crippen molar-refractivity contribution < 1.29 is 9.59 Å². The van der Waals surface area contributed by atoms with Gasteiger partial charge in [-0.1, -0.05) is 28.1 Å². The number of nitrogens with zero attached hydrogens (tertiary/aromatic N) is 4. The zero-order valence-corrected chi connectivity index (χ0v) is 15.7. The first kappa shape index (κ1) is 17.3. The van der Waals surface area contributed by atoms with Crippen molar-refractivity contribution in [3.05, 3.63) is 70.5 Å². The molecule has 1 saturated carbocycles. The van der Waals surface area contributed by atoms with Crippen molar-refractivity contribution in [3.8, 4) is 5.69 Å². The Kier molecular flexibility index (Phi) is 4.44. The topological polar surface area (TPSA) is 102 Å². The minimum absolute atomic E-state index is 0.205. The maximum Gasteiger partial charge on any atom is 0.269 e. The van der Waals surface area contributed by atoms with E-state index in [-0.39, 0.29) is 5.91 Å². The van der Waals surface area contributed by atoms with Crippen LogP contribution in [0.3, 0.4) is 0 Å². The van der Waals surface area contributed by atoms with Crippen LogP contribution in [-0.4, -0.2) is 32.0 Å². The highest BCUT2D eigenvalue weighted by Crippen LogP contribution is 2.48. The second-order valence-electron chi connectivity index (χ2n) is 6.30. The summed E-state index contributed by atoms with van der Waals surface area (Å²) in [4.78, 5) is 24.9. The van der Waals surface area contributed by atoms with Crippen molar-refractivity contribution in [2.24, 2.45) is 0 Å². The molecule has 1 aromatic heterocycles. The van der Waals surface area contributed by atoms with Crippen LogP contribution in [-0.2, 0) is 10.2 Å². The summed E-state index contributed by atoms with van der Waals surface area (Å²) in [6.45, 7) is 0. The van der Waals surface area contributed by atoms with Crippen LogP contribution in [0, 0.1) is 0 Å². The first-order valence-corrected chi connectivity index (χ1v) is 9.08. The largest absolute Gasteiger partial charge is 0.272 e. The summed E-state index contributed by atoms with van der Waals surface area (Å²) in [6, 6.07) is 14.4. The molecule has 9 heteroatoms. The highest BCUT2D eigenvalue weighted by Gasteiger charge is 2.51. The zero-order valence-electron chi connectivity index (χ0n) is 14.1. The summed E-state index contributed by atoms with van der Waals surface area (Å²) in [7, 11) is 0. The van der Waals surface area contributed by atoms with E-state index in [1.807, 2.05) is 24.3 Å². The first-order valence-electron chi connectivity index (χ1n) is 8.29. The van der Waals surface area contributed by atoms with Gasteiger partial charge in [0, 0.05) is 10.0 Å². The molecule has 0 unspecified atom stereocenters. The fourth-order valence-corrected chi connectivity index (χ4v) is 3.16. The Hall–Kier alpha value is -3.07. The number of carbonyl (C=O) groups excluding carboxylic acids is 2. The van der Waals surface area contributed by atoms with Crippen molar-refractivity contribution in [1.82, 2.24) is 31.1 Å². The normalized spacial score (nSPS) is 14.4. The number of rotatable bonds is 4.